The molecule has 134 valence electrons. The lowest BCUT2D eigenvalue weighted by Crippen LogP contribution is -2.07. The third-order valence-corrected chi connectivity index (χ3v) is 4.37. The number of aromatic nitrogens is 3. The van der Waals surface area contributed by atoms with E-state index in [0.29, 0.717) is 17.6 Å². The summed E-state index contributed by atoms with van der Waals surface area (Å²) < 4.78 is 7.59. The van der Waals surface area contributed by atoms with E-state index in [1.54, 1.807) is 0 Å². The number of rotatable bonds is 5. The summed E-state index contributed by atoms with van der Waals surface area (Å²) in [6.45, 7) is 2.49. The highest BCUT2D eigenvalue weighted by Gasteiger charge is 2.15. The van der Waals surface area contributed by atoms with Crippen LogP contribution < -0.4 is 10.3 Å². The van der Waals surface area contributed by atoms with Crippen LogP contribution in [0.1, 0.15) is 6.92 Å². The van der Waals surface area contributed by atoms with E-state index in [2.05, 4.69) is 9.97 Å². The lowest BCUT2D eigenvalue weighted by molar-refractivity contribution is 0.363. The highest BCUT2D eigenvalue weighted by atomic mass is 16.5. The van der Waals surface area contributed by atoms with Crippen LogP contribution in [0.25, 0.3) is 27.8 Å². The number of H-pyrrole nitrogens is 1. The first kappa shape index (κ1) is 16.8. The van der Waals surface area contributed by atoms with Crippen LogP contribution in [0.5, 0.6) is 5.75 Å². The fraction of sp³-hybridized carbons (Fsp3) is 0.0909. The van der Waals surface area contributed by atoms with Crippen molar-refractivity contribution in [2.45, 2.75) is 6.92 Å². The minimum Gasteiger partial charge on any atom is -0.490 e. The second-order valence-electron chi connectivity index (χ2n) is 6.08. The Labute approximate surface area is 156 Å². The van der Waals surface area contributed by atoms with E-state index in [-0.39, 0.29) is 5.56 Å². The topological polar surface area (TPSA) is 59.9 Å². The third kappa shape index (κ3) is 3.27. The van der Waals surface area contributed by atoms with Crippen LogP contribution in [-0.2, 0) is 0 Å². The van der Waals surface area contributed by atoms with Gasteiger partial charge in [0.05, 0.1) is 11.7 Å². The predicted molar refractivity (Wildman–Crippen MR) is 107 cm³/mol. The van der Waals surface area contributed by atoms with E-state index in [4.69, 9.17) is 4.74 Å². The Morgan fingerprint density at radius 1 is 1.11 bits per heavy atom. The van der Waals surface area contributed by atoms with Gasteiger partial charge in [0.15, 0.2) is 5.65 Å². The molecule has 0 aliphatic rings. The Hall–Kier alpha value is -3.60. The zero-order valence-corrected chi connectivity index (χ0v) is 14.9. The van der Waals surface area contributed by atoms with Crippen molar-refractivity contribution in [3.05, 3.63) is 89.6 Å². The molecule has 0 amide bonds. The molecule has 0 fully saturated rings. The summed E-state index contributed by atoms with van der Waals surface area (Å²) in [6, 6.07) is 17.6. The summed E-state index contributed by atoms with van der Waals surface area (Å²) in [5, 5.41) is 0.573. The van der Waals surface area contributed by atoms with Crippen molar-refractivity contribution in [1.82, 2.24) is 14.5 Å². The molecule has 2 heterocycles. The smallest absolute Gasteiger partial charge is 0.260 e. The molecule has 1 N–H and O–H groups in total. The van der Waals surface area contributed by atoms with Crippen molar-refractivity contribution < 1.29 is 4.74 Å². The van der Waals surface area contributed by atoms with Crippen LogP contribution in [0.2, 0.25) is 0 Å². The predicted octanol–water partition coefficient (Wildman–Crippen LogP) is 4.34. The van der Waals surface area contributed by atoms with Crippen LogP contribution in [0, 0.1) is 0 Å². The first-order valence-corrected chi connectivity index (χ1v) is 8.76. The number of para-hydroxylation sites is 1. The Morgan fingerprint density at radius 2 is 1.89 bits per heavy atom. The monoisotopic (exact) mass is 357 g/mol. The largest absolute Gasteiger partial charge is 0.490 e. The van der Waals surface area contributed by atoms with Crippen LogP contribution in [-0.4, -0.2) is 21.1 Å². The summed E-state index contributed by atoms with van der Waals surface area (Å²) in [5.41, 5.74) is 3.21. The molecular formula is C22H19N3O2. The molecule has 0 spiro atoms. The van der Waals surface area contributed by atoms with Gasteiger partial charge in [0.2, 0.25) is 0 Å². The summed E-state index contributed by atoms with van der Waals surface area (Å²) in [4.78, 5) is 19.6. The van der Waals surface area contributed by atoms with Crippen molar-refractivity contribution in [3.8, 4) is 22.6 Å². The quantitative estimate of drug-likeness (QED) is 0.541. The zero-order chi connectivity index (χ0) is 18.6. The summed E-state index contributed by atoms with van der Waals surface area (Å²) in [7, 11) is 0. The molecular weight excluding hydrogens is 338 g/mol. The number of hydrogen-bond donors (Lipinski definition) is 1. The molecule has 4 aromatic rings. The molecule has 0 atom stereocenters. The molecule has 4 rings (SSSR count). The summed E-state index contributed by atoms with van der Waals surface area (Å²) in [5.74, 6) is 0.788. The molecule has 0 aliphatic carbocycles. The van der Waals surface area contributed by atoms with Gasteiger partial charge in [-0.3, -0.25) is 4.79 Å². The number of fused-ring (bicyclic) bond motifs is 1. The lowest BCUT2D eigenvalue weighted by atomic mass is 10.1. The Balaban J connectivity index is 1.81. The van der Waals surface area contributed by atoms with Gasteiger partial charge in [-0.05, 0) is 36.8 Å². The first-order valence-electron chi connectivity index (χ1n) is 8.76. The average molecular weight is 357 g/mol. The fourth-order valence-electron chi connectivity index (χ4n) is 3.05. The van der Waals surface area contributed by atoms with Gasteiger partial charge in [-0.15, -0.1) is 0 Å². The van der Waals surface area contributed by atoms with Gasteiger partial charge in [-0.1, -0.05) is 42.5 Å². The summed E-state index contributed by atoms with van der Waals surface area (Å²) >= 11 is 0. The van der Waals surface area contributed by atoms with E-state index in [0.717, 1.165) is 22.6 Å². The van der Waals surface area contributed by atoms with Crippen molar-refractivity contribution in [2.75, 3.05) is 6.61 Å². The van der Waals surface area contributed by atoms with Crippen LogP contribution in [0.3, 0.4) is 0 Å². The second kappa shape index (κ2) is 7.33. The third-order valence-electron chi connectivity index (χ3n) is 4.37. The standard InChI is InChI=1S/C22H19N3O2/c1-2-3-13-27-18-11-9-16(10-12-18)19-14-25(17-7-5-4-6-8-17)21-20(19)22(26)24-15-23-21/h2-12,14-15H,13H2,1H3,(H,23,24,26). The van der Waals surface area contributed by atoms with Gasteiger partial charge in [0, 0.05) is 17.4 Å². The maximum atomic E-state index is 12.5. The Bertz CT molecular complexity index is 1140. The number of aromatic amines is 1. The van der Waals surface area contributed by atoms with Gasteiger partial charge >= 0.3 is 0 Å². The normalized spacial score (nSPS) is 11.3. The van der Waals surface area contributed by atoms with Crippen molar-refractivity contribution in [1.29, 1.82) is 0 Å². The number of nitrogens with zero attached hydrogens (tertiary/aromatic N) is 2. The molecule has 0 unspecified atom stereocenters. The maximum absolute atomic E-state index is 12.5. The van der Waals surface area contributed by atoms with Gasteiger partial charge < -0.3 is 14.3 Å². The van der Waals surface area contributed by atoms with Crippen molar-refractivity contribution >= 4 is 11.0 Å². The molecule has 5 heteroatoms. The number of ether oxygens (including phenoxy) is 1. The number of nitrogens with one attached hydrogen (secondary N) is 1. The molecule has 0 saturated carbocycles. The van der Waals surface area contributed by atoms with Crippen molar-refractivity contribution in [2.24, 2.45) is 0 Å². The molecule has 0 saturated heterocycles. The van der Waals surface area contributed by atoms with E-state index in [1.165, 1.54) is 6.33 Å². The van der Waals surface area contributed by atoms with Crippen LogP contribution in [0.4, 0.5) is 0 Å². The molecule has 27 heavy (non-hydrogen) atoms. The van der Waals surface area contributed by atoms with Gasteiger partial charge in [0.1, 0.15) is 12.4 Å². The molecule has 0 bridgehead atoms. The maximum Gasteiger partial charge on any atom is 0.260 e. The first-order chi connectivity index (χ1) is 13.3. The number of hydrogen-bond acceptors (Lipinski definition) is 3. The van der Waals surface area contributed by atoms with E-state index >= 15 is 0 Å². The zero-order valence-electron chi connectivity index (χ0n) is 14.9. The van der Waals surface area contributed by atoms with Crippen LogP contribution in [0.15, 0.2) is 84.1 Å². The summed E-state index contributed by atoms with van der Waals surface area (Å²) in [6.07, 6.45) is 7.29. The molecule has 0 aliphatic heterocycles. The minimum absolute atomic E-state index is 0.155. The molecule has 0 radical (unpaired) electrons. The SMILES string of the molecule is CC=CCOc1ccc(-c2cn(-c3ccccc3)c3nc[nH]c(=O)c23)cc1. The van der Waals surface area contributed by atoms with Gasteiger partial charge in [-0.25, -0.2) is 4.98 Å². The molecule has 5 nitrogen and oxygen atoms in total. The molecule has 2 aromatic heterocycles. The van der Waals surface area contributed by atoms with Gasteiger partial charge in [-0.2, -0.15) is 0 Å². The van der Waals surface area contributed by atoms with Gasteiger partial charge in [0.25, 0.3) is 5.56 Å². The highest BCUT2D eigenvalue weighted by molar-refractivity contribution is 5.94. The highest BCUT2D eigenvalue weighted by Crippen LogP contribution is 2.30. The fourth-order valence-corrected chi connectivity index (χ4v) is 3.05. The van der Waals surface area contributed by atoms with Crippen molar-refractivity contribution in [3.63, 3.8) is 0 Å². The Kier molecular flexibility index (Phi) is 4.58. The molecule has 2 aromatic carbocycles. The average Bonchev–Trinajstić information content (AvgIpc) is 3.10. The van der Waals surface area contributed by atoms with Crippen LogP contribution >= 0.6 is 0 Å². The van der Waals surface area contributed by atoms with E-state index in [1.807, 2.05) is 84.4 Å². The lowest BCUT2D eigenvalue weighted by Gasteiger charge is -2.04. The van der Waals surface area contributed by atoms with E-state index in [9.17, 15) is 4.79 Å². The van der Waals surface area contributed by atoms with E-state index < -0.39 is 0 Å². The number of benzene rings is 2. The second-order valence-corrected chi connectivity index (χ2v) is 6.08. The minimum atomic E-state index is -0.155. The Morgan fingerprint density at radius 3 is 2.63 bits per heavy atom. The number of allylic oxidation sites excluding steroid dienone is 1.